The molecule has 1 aromatic rings. The summed E-state index contributed by atoms with van der Waals surface area (Å²) in [6.45, 7) is 1.22. The summed E-state index contributed by atoms with van der Waals surface area (Å²) in [7, 11) is 0. The number of nitrogens with one attached hydrogen (secondary N) is 1. The van der Waals surface area contributed by atoms with Crippen LogP contribution in [0.1, 0.15) is 6.92 Å². The van der Waals surface area contributed by atoms with Crippen molar-refractivity contribution < 1.29 is 9.63 Å². The molecule has 0 aliphatic rings. The molecule has 0 aliphatic carbocycles. The number of rotatable bonds is 1. The fourth-order valence-corrected chi connectivity index (χ4v) is 0.442. The summed E-state index contributed by atoms with van der Waals surface area (Å²) in [4.78, 5) is 29.0. The van der Waals surface area contributed by atoms with Crippen molar-refractivity contribution in [2.45, 2.75) is 6.92 Å². The van der Waals surface area contributed by atoms with E-state index in [4.69, 9.17) is 0 Å². The molecule has 1 aromatic heterocycles. The van der Waals surface area contributed by atoms with E-state index in [9.17, 15) is 9.59 Å². The first kappa shape index (κ1) is 6.53. The van der Waals surface area contributed by atoms with Gasteiger partial charge in [0.1, 0.15) is 0 Å². The minimum atomic E-state index is -0.554. The van der Waals surface area contributed by atoms with Gasteiger partial charge in [-0.15, -0.1) is 0 Å². The van der Waals surface area contributed by atoms with Crippen molar-refractivity contribution in [3.63, 3.8) is 0 Å². The van der Waals surface area contributed by atoms with Crippen LogP contribution >= 0.6 is 0 Å². The molecule has 0 amide bonds. The Hall–Kier alpha value is -1.59. The van der Waals surface area contributed by atoms with Crippen molar-refractivity contribution in [2.75, 3.05) is 0 Å². The maximum absolute atomic E-state index is 10.3. The Morgan fingerprint density at radius 1 is 1.90 bits per heavy atom. The Labute approximate surface area is 55.4 Å². The number of hydrogen-bond donors (Lipinski definition) is 1. The molecule has 10 heavy (non-hydrogen) atoms. The van der Waals surface area contributed by atoms with Crippen LogP contribution in [-0.2, 0) is 4.79 Å². The zero-order valence-electron chi connectivity index (χ0n) is 5.20. The Kier molecular flexibility index (Phi) is 1.53. The molecule has 0 bridgehead atoms. The first-order chi connectivity index (χ1) is 4.68. The van der Waals surface area contributed by atoms with E-state index in [1.165, 1.54) is 6.92 Å². The van der Waals surface area contributed by atoms with Gasteiger partial charge in [0.25, 0.3) is 0 Å². The van der Waals surface area contributed by atoms with E-state index in [0.29, 0.717) is 0 Å². The number of aromatic amines is 1. The van der Waals surface area contributed by atoms with E-state index < -0.39 is 11.7 Å². The molecule has 1 N–H and O–H groups in total. The largest absolute Gasteiger partial charge is 0.363 e. The molecule has 0 unspecified atom stereocenters. The Balaban J connectivity index is 2.76. The maximum Gasteiger partial charge on any atom is 0.363 e. The normalized spacial score (nSPS) is 9.30. The summed E-state index contributed by atoms with van der Waals surface area (Å²) in [5, 5.41) is 2.11. The lowest BCUT2D eigenvalue weighted by atomic mass is 10.8. The van der Waals surface area contributed by atoms with Gasteiger partial charge in [-0.2, -0.15) is 4.98 Å². The summed E-state index contributed by atoms with van der Waals surface area (Å²) in [5.41, 5.74) is -0.554. The molecule has 0 spiro atoms. The van der Waals surface area contributed by atoms with Gasteiger partial charge < -0.3 is 4.84 Å². The zero-order valence-corrected chi connectivity index (χ0v) is 5.20. The van der Waals surface area contributed by atoms with Crippen molar-refractivity contribution >= 4 is 5.97 Å². The van der Waals surface area contributed by atoms with Crippen LogP contribution in [0.15, 0.2) is 11.1 Å². The summed E-state index contributed by atoms with van der Waals surface area (Å²) in [6.07, 6.45) is 1.07. The highest BCUT2D eigenvalue weighted by Crippen LogP contribution is 1.68. The molecule has 0 atom stereocenters. The second-order valence-electron chi connectivity index (χ2n) is 1.57. The number of nitrogens with zero attached hydrogens (tertiary/aromatic N) is 2. The molecule has 1 heterocycles. The quantitative estimate of drug-likeness (QED) is 0.521. The standard InChI is InChI=1S/C4H5N3O3/c1-3(8)10-7-2-5-4(9)6-7/h2H,1H3,(H,6,9). The van der Waals surface area contributed by atoms with Gasteiger partial charge >= 0.3 is 11.7 Å². The van der Waals surface area contributed by atoms with Crippen molar-refractivity contribution in [3.05, 3.63) is 16.8 Å². The number of carbonyl (C=O) groups is 1. The fraction of sp³-hybridized carbons (Fsp3) is 0.250. The van der Waals surface area contributed by atoms with E-state index in [0.717, 1.165) is 11.2 Å². The minimum absolute atomic E-state index is 0.520. The van der Waals surface area contributed by atoms with Gasteiger partial charge in [0.15, 0.2) is 6.33 Å². The average molecular weight is 143 g/mol. The summed E-state index contributed by atoms with van der Waals surface area (Å²) in [5.74, 6) is -0.520. The fourth-order valence-electron chi connectivity index (χ4n) is 0.442. The molecule has 1 rings (SSSR count). The zero-order chi connectivity index (χ0) is 7.56. The smallest absolute Gasteiger partial charge is 0.320 e. The molecule has 54 valence electrons. The van der Waals surface area contributed by atoms with Crippen LogP contribution < -0.4 is 10.5 Å². The molecule has 0 saturated carbocycles. The predicted molar refractivity (Wildman–Crippen MR) is 30.1 cm³/mol. The molecule has 0 radical (unpaired) electrons. The molecular formula is C4H5N3O3. The van der Waals surface area contributed by atoms with Crippen LogP contribution in [0.4, 0.5) is 0 Å². The SMILES string of the molecule is CC(=O)On1cnc(=O)[nH]1. The van der Waals surface area contributed by atoms with Gasteiger partial charge in [0.05, 0.1) is 0 Å². The molecular weight excluding hydrogens is 138 g/mol. The maximum atomic E-state index is 10.3. The Morgan fingerprint density at radius 3 is 3.00 bits per heavy atom. The highest BCUT2D eigenvalue weighted by Gasteiger charge is 1.95. The molecule has 6 nitrogen and oxygen atoms in total. The highest BCUT2D eigenvalue weighted by atomic mass is 16.7. The van der Waals surface area contributed by atoms with Crippen molar-refractivity contribution in [2.24, 2.45) is 0 Å². The number of aromatic nitrogens is 3. The summed E-state index contributed by atoms with van der Waals surface area (Å²) in [6, 6.07) is 0. The van der Waals surface area contributed by atoms with E-state index >= 15 is 0 Å². The molecule has 0 aliphatic heterocycles. The number of H-pyrrole nitrogens is 1. The Bertz CT molecular complexity index is 286. The van der Waals surface area contributed by atoms with Crippen LogP contribution in [0.2, 0.25) is 0 Å². The van der Waals surface area contributed by atoms with Crippen LogP contribution in [0, 0.1) is 0 Å². The number of hydrogen-bond acceptors (Lipinski definition) is 4. The van der Waals surface area contributed by atoms with Gasteiger partial charge in [-0.3, -0.25) is 0 Å². The van der Waals surface area contributed by atoms with Gasteiger partial charge in [0, 0.05) is 6.92 Å². The third kappa shape index (κ3) is 1.44. The lowest BCUT2D eigenvalue weighted by Crippen LogP contribution is -2.18. The third-order valence-electron chi connectivity index (χ3n) is 0.713. The van der Waals surface area contributed by atoms with Crippen LogP contribution in [0.5, 0.6) is 0 Å². The first-order valence-electron chi connectivity index (χ1n) is 2.51. The average Bonchev–Trinajstić information content (AvgIpc) is 2.13. The van der Waals surface area contributed by atoms with Crippen molar-refractivity contribution in [1.29, 1.82) is 0 Å². The highest BCUT2D eigenvalue weighted by molar-refractivity contribution is 5.66. The van der Waals surface area contributed by atoms with Crippen LogP contribution in [-0.4, -0.2) is 20.9 Å². The van der Waals surface area contributed by atoms with Crippen LogP contribution in [0.25, 0.3) is 0 Å². The van der Waals surface area contributed by atoms with Crippen LogP contribution in [0.3, 0.4) is 0 Å². The lowest BCUT2D eigenvalue weighted by Gasteiger charge is -1.95. The van der Waals surface area contributed by atoms with Crippen molar-refractivity contribution in [3.8, 4) is 0 Å². The summed E-state index contributed by atoms with van der Waals surface area (Å²) >= 11 is 0. The van der Waals surface area contributed by atoms with Gasteiger partial charge in [-0.25, -0.2) is 14.7 Å². The minimum Gasteiger partial charge on any atom is -0.320 e. The lowest BCUT2D eigenvalue weighted by molar-refractivity contribution is -0.143. The first-order valence-corrected chi connectivity index (χ1v) is 2.51. The predicted octanol–water partition coefficient (Wildman–Crippen LogP) is -1.45. The van der Waals surface area contributed by atoms with Gasteiger partial charge in [0.2, 0.25) is 0 Å². The van der Waals surface area contributed by atoms with Gasteiger partial charge in [-0.1, -0.05) is 4.85 Å². The second-order valence-corrected chi connectivity index (χ2v) is 1.57. The van der Waals surface area contributed by atoms with E-state index in [-0.39, 0.29) is 0 Å². The molecule has 0 fully saturated rings. The second kappa shape index (κ2) is 2.34. The van der Waals surface area contributed by atoms with Gasteiger partial charge in [-0.05, 0) is 0 Å². The third-order valence-corrected chi connectivity index (χ3v) is 0.713. The van der Waals surface area contributed by atoms with E-state index in [1.54, 1.807) is 0 Å². The topological polar surface area (TPSA) is 77.0 Å². The molecule has 0 saturated heterocycles. The summed E-state index contributed by atoms with van der Waals surface area (Å²) < 4.78 is 0. The van der Waals surface area contributed by atoms with E-state index in [2.05, 4.69) is 14.9 Å². The number of carbonyl (C=O) groups excluding carboxylic acids is 1. The molecule has 6 heteroatoms. The monoisotopic (exact) mass is 143 g/mol. The Morgan fingerprint density at radius 2 is 2.60 bits per heavy atom. The molecule has 0 aromatic carbocycles. The van der Waals surface area contributed by atoms with E-state index in [1.807, 2.05) is 0 Å². The van der Waals surface area contributed by atoms with Crippen molar-refractivity contribution in [1.82, 2.24) is 14.9 Å².